The molecule has 3 rings (SSSR count). The Bertz CT molecular complexity index is 1250. The second kappa shape index (κ2) is 8.55. The standard InChI is InChI=1S/C22H22FN3O5/c1-25(2)17(27)7-5-14-10-15(23)6-4-13(14)8-12-9-16-19(24-11-12)20(28)18(22(30)31)21(29)26(16)3/h4,6,9-11,28H,5,7-8H2,1-3H3,(H,30,31). The van der Waals surface area contributed by atoms with Crippen molar-refractivity contribution in [3.05, 3.63) is 68.9 Å². The molecule has 162 valence electrons. The number of hydrogen-bond acceptors (Lipinski definition) is 5. The van der Waals surface area contributed by atoms with Crippen LogP contribution in [0, 0.1) is 5.82 Å². The summed E-state index contributed by atoms with van der Waals surface area (Å²) in [5, 5.41) is 19.4. The molecule has 0 aliphatic rings. The number of carboxylic acids is 1. The number of aromatic hydroxyl groups is 1. The molecule has 0 fully saturated rings. The number of fused-ring (bicyclic) bond motifs is 1. The molecule has 31 heavy (non-hydrogen) atoms. The lowest BCUT2D eigenvalue weighted by atomic mass is 9.97. The van der Waals surface area contributed by atoms with Gasteiger partial charge in [-0.1, -0.05) is 6.07 Å². The van der Waals surface area contributed by atoms with Gasteiger partial charge < -0.3 is 19.7 Å². The van der Waals surface area contributed by atoms with Crippen LogP contribution >= 0.6 is 0 Å². The third-order valence-corrected chi connectivity index (χ3v) is 5.15. The predicted octanol–water partition coefficient (Wildman–Crippen LogP) is 2.09. The first-order valence-corrected chi connectivity index (χ1v) is 9.51. The van der Waals surface area contributed by atoms with Crippen molar-refractivity contribution in [3.8, 4) is 5.75 Å². The van der Waals surface area contributed by atoms with Crippen molar-refractivity contribution in [1.29, 1.82) is 0 Å². The zero-order chi connectivity index (χ0) is 22.9. The van der Waals surface area contributed by atoms with Gasteiger partial charge in [0.15, 0.2) is 11.3 Å². The van der Waals surface area contributed by atoms with Crippen molar-refractivity contribution in [2.24, 2.45) is 7.05 Å². The highest BCUT2D eigenvalue weighted by molar-refractivity contribution is 5.97. The molecule has 3 aromatic rings. The molecule has 0 saturated carbocycles. The highest BCUT2D eigenvalue weighted by atomic mass is 19.1. The molecule has 0 bridgehead atoms. The summed E-state index contributed by atoms with van der Waals surface area (Å²) in [6, 6.07) is 6.00. The quantitative estimate of drug-likeness (QED) is 0.623. The van der Waals surface area contributed by atoms with E-state index in [1.54, 1.807) is 26.2 Å². The summed E-state index contributed by atoms with van der Waals surface area (Å²) in [5.74, 6) is -2.68. The van der Waals surface area contributed by atoms with E-state index in [1.165, 1.54) is 30.3 Å². The van der Waals surface area contributed by atoms with Crippen molar-refractivity contribution >= 4 is 22.9 Å². The minimum absolute atomic E-state index is 0.000778. The van der Waals surface area contributed by atoms with Crippen LogP contribution in [-0.4, -0.2) is 50.6 Å². The molecule has 1 amide bonds. The largest absolute Gasteiger partial charge is 0.505 e. The highest BCUT2D eigenvalue weighted by Crippen LogP contribution is 2.26. The van der Waals surface area contributed by atoms with Crippen molar-refractivity contribution < 1.29 is 24.2 Å². The zero-order valence-corrected chi connectivity index (χ0v) is 17.3. The van der Waals surface area contributed by atoms with E-state index in [-0.39, 0.29) is 23.4 Å². The predicted molar refractivity (Wildman–Crippen MR) is 112 cm³/mol. The molecular weight excluding hydrogens is 405 g/mol. The van der Waals surface area contributed by atoms with E-state index in [9.17, 15) is 29.0 Å². The first-order chi connectivity index (χ1) is 14.6. The van der Waals surface area contributed by atoms with Gasteiger partial charge in [0, 0.05) is 33.8 Å². The van der Waals surface area contributed by atoms with Gasteiger partial charge in [0.25, 0.3) is 5.56 Å². The van der Waals surface area contributed by atoms with E-state index < -0.39 is 28.7 Å². The van der Waals surface area contributed by atoms with Crippen molar-refractivity contribution in [2.45, 2.75) is 19.3 Å². The maximum absolute atomic E-state index is 13.8. The van der Waals surface area contributed by atoms with Crippen LogP contribution in [0.1, 0.15) is 33.5 Å². The second-order valence-corrected chi connectivity index (χ2v) is 7.48. The van der Waals surface area contributed by atoms with E-state index in [0.29, 0.717) is 24.0 Å². The SMILES string of the molecule is CN(C)C(=O)CCc1cc(F)ccc1Cc1cnc2c(O)c(C(=O)O)c(=O)n(C)c2c1. The van der Waals surface area contributed by atoms with Crippen LogP contribution in [0.15, 0.2) is 35.3 Å². The van der Waals surface area contributed by atoms with Gasteiger partial charge in [-0.05, 0) is 47.7 Å². The van der Waals surface area contributed by atoms with Crippen LogP contribution < -0.4 is 5.56 Å². The number of carbonyl (C=O) groups excluding carboxylic acids is 1. The minimum atomic E-state index is -1.53. The monoisotopic (exact) mass is 427 g/mol. The number of aryl methyl sites for hydroxylation is 2. The van der Waals surface area contributed by atoms with Crippen LogP contribution in [0.3, 0.4) is 0 Å². The van der Waals surface area contributed by atoms with Crippen LogP contribution in [0.2, 0.25) is 0 Å². The van der Waals surface area contributed by atoms with E-state index >= 15 is 0 Å². The molecule has 0 unspecified atom stereocenters. The number of rotatable bonds is 6. The summed E-state index contributed by atoms with van der Waals surface area (Å²) in [7, 11) is 4.72. The maximum atomic E-state index is 13.8. The van der Waals surface area contributed by atoms with Crippen LogP contribution in [-0.2, 0) is 24.7 Å². The average molecular weight is 427 g/mol. The first-order valence-electron chi connectivity index (χ1n) is 9.51. The highest BCUT2D eigenvalue weighted by Gasteiger charge is 2.21. The molecule has 2 aromatic heterocycles. The molecule has 2 N–H and O–H groups in total. The molecule has 0 aliphatic heterocycles. The number of pyridine rings is 2. The lowest BCUT2D eigenvalue weighted by molar-refractivity contribution is -0.128. The molecule has 0 atom stereocenters. The number of hydrogen-bond donors (Lipinski definition) is 2. The Morgan fingerprint density at radius 2 is 1.90 bits per heavy atom. The van der Waals surface area contributed by atoms with Crippen molar-refractivity contribution in [3.63, 3.8) is 0 Å². The summed E-state index contributed by atoms with van der Waals surface area (Å²) >= 11 is 0. The van der Waals surface area contributed by atoms with Gasteiger partial charge in [0.2, 0.25) is 5.91 Å². The Hall–Kier alpha value is -3.75. The summed E-state index contributed by atoms with van der Waals surface area (Å²) in [5.41, 5.74) is 0.855. The Kier molecular flexibility index (Phi) is 6.05. The Labute approximate surface area is 177 Å². The smallest absolute Gasteiger partial charge is 0.345 e. The number of carboxylic acid groups (broad SMARTS) is 1. The van der Waals surface area contributed by atoms with Gasteiger partial charge >= 0.3 is 5.97 Å². The van der Waals surface area contributed by atoms with Gasteiger partial charge in [0.1, 0.15) is 11.3 Å². The topological polar surface area (TPSA) is 113 Å². The molecule has 0 radical (unpaired) electrons. The van der Waals surface area contributed by atoms with Crippen LogP contribution in [0.25, 0.3) is 11.0 Å². The van der Waals surface area contributed by atoms with E-state index in [4.69, 9.17) is 0 Å². The summed E-state index contributed by atoms with van der Waals surface area (Å²) in [6.45, 7) is 0. The molecule has 0 aliphatic carbocycles. The molecular formula is C22H22FN3O5. The van der Waals surface area contributed by atoms with E-state index in [1.807, 2.05) is 0 Å². The Balaban J connectivity index is 2.00. The fourth-order valence-corrected chi connectivity index (χ4v) is 3.40. The molecule has 0 spiro atoms. The van der Waals surface area contributed by atoms with Crippen molar-refractivity contribution in [1.82, 2.24) is 14.5 Å². The first kappa shape index (κ1) is 21.9. The fraction of sp³-hybridized carbons (Fsp3) is 0.273. The summed E-state index contributed by atoms with van der Waals surface area (Å²) in [6.07, 6.45) is 2.42. The molecule has 1 aromatic carbocycles. The number of carbonyl (C=O) groups is 2. The van der Waals surface area contributed by atoms with Gasteiger partial charge in [-0.15, -0.1) is 0 Å². The molecule has 2 heterocycles. The lowest BCUT2D eigenvalue weighted by Crippen LogP contribution is -2.25. The number of benzene rings is 1. The number of nitrogens with zero attached hydrogens (tertiary/aromatic N) is 3. The van der Waals surface area contributed by atoms with Crippen LogP contribution in [0.5, 0.6) is 5.75 Å². The number of amides is 1. The third kappa shape index (κ3) is 4.40. The minimum Gasteiger partial charge on any atom is -0.505 e. The summed E-state index contributed by atoms with van der Waals surface area (Å²) in [4.78, 5) is 41.2. The average Bonchev–Trinajstić information content (AvgIpc) is 2.71. The molecule has 8 nitrogen and oxygen atoms in total. The second-order valence-electron chi connectivity index (χ2n) is 7.48. The number of aromatic carboxylic acids is 1. The lowest BCUT2D eigenvalue weighted by Gasteiger charge is -2.14. The Morgan fingerprint density at radius 1 is 1.19 bits per heavy atom. The Morgan fingerprint density at radius 3 is 2.55 bits per heavy atom. The normalized spacial score (nSPS) is 11.0. The van der Waals surface area contributed by atoms with Gasteiger partial charge in [-0.3, -0.25) is 14.6 Å². The van der Waals surface area contributed by atoms with E-state index in [2.05, 4.69) is 4.98 Å². The maximum Gasteiger partial charge on any atom is 0.345 e. The zero-order valence-electron chi connectivity index (χ0n) is 17.3. The number of aromatic nitrogens is 2. The summed E-state index contributed by atoms with van der Waals surface area (Å²) < 4.78 is 14.9. The van der Waals surface area contributed by atoms with E-state index in [0.717, 1.165) is 10.1 Å². The van der Waals surface area contributed by atoms with Gasteiger partial charge in [-0.2, -0.15) is 0 Å². The van der Waals surface area contributed by atoms with Crippen molar-refractivity contribution in [2.75, 3.05) is 14.1 Å². The van der Waals surface area contributed by atoms with Gasteiger partial charge in [-0.25, -0.2) is 9.18 Å². The fourth-order valence-electron chi connectivity index (χ4n) is 3.40. The number of halogens is 1. The van der Waals surface area contributed by atoms with Gasteiger partial charge in [0.05, 0.1) is 5.52 Å². The molecule has 9 heteroatoms. The van der Waals surface area contributed by atoms with Crippen LogP contribution in [0.4, 0.5) is 4.39 Å². The molecule has 0 saturated heterocycles. The third-order valence-electron chi connectivity index (χ3n) is 5.15.